The van der Waals surface area contributed by atoms with Gasteiger partial charge in [0.1, 0.15) is 0 Å². The van der Waals surface area contributed by atoms with Crippen molar-refractivity contribution in [1.29, 1.82) is 0 Å². The average molecular weight is 178 g/mol. The number of hydrogen-bond donors (Lipinski definition) is 0. The van der Waals surface area contributed by atoms with Crippen LogP contribution in [0.15, 0.2) is 11.5 Å². The largest absolute Gasteiger partial charge is 0.466 e. The predicted molar refractivity (Wildman–Crippen MR) is 40.9 cm³/mol. The van der Waals surface area contributed by atoms with Crippen LogP contribution in [0.4, 0.5) is 0 Å². The Morgan fingerprint density at radius 1 is 1.64 bits per heavy atom. The molecule has 0 N–H and O–H groups in total. The second-order valence-corrected chi connectivity index (χ2v) is 2.52. The quantitative estimate of drug-likeness (QED) is 0.461. The molecule has 0 saturated carbocycles. The van der Waals surface area contributed by atoms with Crippen molar-refractivity contribution in [2.75, 3.05) is 13.7 Å². The standard InChI is InChI=1S/C6H10O4S/c1-3-10-11(8)5-4-6(7)9-2/h4-5H,3H2,1-2H3/b5-4+. The first-order chi connectivity index (χ1) is 5.20. The molecule has 0 fully saturated rings. The molecule has 0 aromatic heterocycles. The van der Waals surface area contributed by atoms with Crippen LogP contribution in [0, 0.1) is 0 Å². The molecule has 1 atom stereocenters. The van der Waals surface area contributed by atoms with Gasteiger partial charge in [0.25, 0.3) is 0 Å². The van der Waals surface area contributed by atoms with E-state index in [0.29, 0.717) is 6.61 Å². The lowest BCUT2D eigenvalue weighted by molar-refractivity contribution is -0.134. The second kappa shape index (κ2) is 6.06. The van der Waals surface area contributed by atoms with Crippen molar-refractivity contribution >= 4 is 17.0 Å². The minimum Gasteiger partial charge on any atom is -0.466 e. The molecule has 1 unspecified atom stereocenters. The highest BCUT2D eigenvalue weighted by Gasteiger charge is 1.94. The molecule has 0 aromatic carbocycles. The van der Waals surface area contributed by atoms with Crippen LogP contribution < -0.4 is 0 Å². The monoisotopic (exact) mass is 178 g/mol. The minimum atomic E-state index is -1.52. The van der Waals surface area contributed by atoms with Crippen LogP contribution in [-0.4, -0.2) is 23.9 Å². The lowest BCUT2D eigenvalue weighted by atomic mass is 10.7. The van der Waals surface area contributed by atoms with Gasteiger partial charge in [-0.05, 0) is 6.92 Å². The van der Waals surface area contributed by atoms with E-state index in [1.165, 1.54) is 7.11 Å². The van der Waals surface area contributed by atoms with Crippen molar-refractivity contribution in [2.45, 2.75) is 6.92 Å². The number of carbonyl (C=O) groups is 1. The molecule has 0 radical (unpaired) electrons. The van der Waals surface area contributed by atoms with Crippen molar-refractivity contribution in [2.24, 2.45) is 0 Å². The summed E-state index contributed by atoms with van der Waals surface area (Å²) in [7, 11) is 1.25. The molecule has 4 nitrogen and oxygen atoms in total. The SMILES string of the molecule is CCOS(=O)/C=C/C(=O)OC. The minimum absolute atomic E-state index is 0.345. The molecule has 11 heavy (non-hydrogen) atoms. The third kappa shape index (κ3) is 5.75. The van der Waals surface area contributed by atoms with Gasteiger partial charge in [-0.25, -0.2) is 9.00 Å². The summed E-state index contributed by atoms with van der Waals surface area (Å²) in [6.07, 6.45) is 1.06. The maximum absolute atomic E-state index is 10.7. The zero-order valence-corrected chi connectivity index (χ0v) is 7.22. The molecule has 0 spiro atoms. The van der Waals surface area contributed by atoms with Crippen LogP contribution in [0.25, 0.3) is 0 Å². The van der Waals surface area contributed by atoms with Gasteiger partial charge < -0.3 is 4.74 Å². The molecule has 0 aliphatic rings. The summed E-state index contributed by atoms with van der Waals surface area (Å²) in [5.41, 5.74) is 0. The highest BCUT2D eigenvalue weighted by Crippen LogP contribution is 1.88. The Morgan fingerprint density at radius 3 is 2.73 bits per heavy atom. The molecular weight excluding hydrogens is 168 g/mol. The van der Waals surface area contributed by atoms with Crippen LogP contribution in [0.5, 0.6) is 0 Å². The van der Waals surface area contributed by atoms with Gasteiger partial charge in [-0.15, -0.1) is 0 Å². The zero-order chi connectivity index (χ0) is 8.69. The number of methoxy groups -OCH3 is 1. The summed E-state index contributed by atoms with van der Waals surface area (Å²) in [5.74, 6) is -0.543. The van der Waals surface area contributed by atoms with E-state index in [4.69, 9.17) is 0 Å². The van der Waals surface area contributed by atoms with E-state index in [9.17, 15) is 9.00 Å². The Labute approximate surface area is 67.8 Å². The van der Waals surface area contributed by atoms with Crippen LogP contribution >= 0.6 is 0 Å². The van der Waals surface area contributed by atoms with Gasteiger partial charge in [0.15, 0.2) is 11.1 Å². The smallest absolute Gasteiger partial charge is 0.331 e. The fraction of sp³-hybridized carbons (Fsp3) is 0.500. The first-order valence-electron chi connectivity index (χ1n) is 3.00. The number of rotatable bonds is 4. The molecule has 0 aliphatic carbocycles. The van der Waals surface area contributed by atoms with Crippen LogP contribution in [0.2, 0.25) is 0 Å². The summed E-state index contributed by atoms with van der Waals surface area (Å²) < 4.78 is 19.5. The summed E-state index contributed by atoms with van der Waals surface area (Å²) in [6.45, 7) is 2.06. The molecule has 0 bridgehead atoms. The van der Waals surface area contributed by atoms with Gasteiger partial charge in [0.2, 0.25) is 0 Å². The Hall–Kier alpha value is -0.680. The van der Waals surface area contributed by atoms with E-state index in [0.717, 1.165) is 11.5 Å². The van der Waals surface area contributed by atoms with E-state index in [1.807, 2.05) is 0 Å². The lowest BCUT2D eigenvalue weighted by Crippen LogP contribution is -1.97. The normalized spacial score (nSPS) is 13.3. The van der Waals surface area contributed by atoms with Gasteiger partial charge in [-0.3, -0.25) is 4.18 Å². The highest BCUT2D eigenvalue weighted by molar-refractivity contribution is 7.83. The number of esters is 1. The van der Waals surface area contributed by atoms with Gasteiger partial charge in [0.05, 0.1) is 13.7 Å². The predicted octanol–water partition coefficient (Wildman–Crippen LogP) is 0.373. The van der Waals surface area contributed by atoms with E-state index >= 15 is 0 Å². The Morgan fingerprint density at radius 2 is 2.27 bits per heavy atom. The molecule has 5 heteroatoms. The summed E-state index contributed by atoms with van der Waals surface area (Å²) >= 11 is -1.52. The molecule has 0 saturated heterocycles. The third-order valence-corrected chi connectivity index (χ3v) is 1.58. The third-order valence-electron chi connectivity index (χ3n) is 0.750. The Balaban J connectivity index is 3.73. The van der Waals surface area contributed by atoms with Crippen molar-refractivity contribution in [3.8, 4) is 0 Å². The molecule has 64 valence electrons. The molecule has 0 aliphatic heterocycles. The maximum atomic E-state index is 10.7. The van der Waals surface area contributed by atoms with E-state index in [2.05, 4.69) is 8.92 Å². The number of hydrogen-bond acceptors (Lipinski definition) is 4. The fourth-order valence-corrected chi connectivity index (χ4v) is 0.868. The van der Waals surface area contributed by atoms with Crippen molar-refractivity contribution in [3.05, 3.63) is 11.5 Å². The first kappa shape index (κ1) is 10.3. The lowest BCUT2D eigenvalue weighted by Gasteiger charge is -1.92. The van der Waals surface area contributed by atoms with Gasteiger partial charge in [-0.1, -0.05) is 0 Å². The summed E-state index contributed by atoms with van der Waals surface area (Å²) in [5, 5.41) is 1.13. The molecule has 0 heterocycles. The number of ether oxygens (including phenoxy) is 1. The topological polar surface area (TPSA) is 52.6 Å². The molecule has 0 rings (SSSR count). The summed E-state index contributed by atoms with van der Waals surface area (Å²) in [4.78, 5) is 10.4. The van der Waals surface area contributed by atoms with Gasteiger partial charge in [0, 0.05) is 11.5 Å². The van der Waals surface area contributed by atoms with Crippen LogP contribution in [-0.2, 0) is 24.8 Å². The van der Waals surface area contributed by atoms with Gasteiger partial charge >= 0.3 is 5.97 Å². The highest BCUT2D eigenvalue weighted by atomic mass is 32.2. The van der Waals surface area contributed by atoms with E-state index in [-0.39, 0.29) is 0 Å². The van der Waals surface area contributed by atoms with Crippen molar-refractivity contribution in [3.63, 3.8) is 0 Å². The van der Waals surface area contributed by atoms with E-state index < -0.39 is 17.0 Å². The first-order valence-corrected chi connectivity index (χ1v) is 4.14. The summed E-state index contributed by atoms with van der Waals surface area (Å²) in [6, 6.07) is 0. The van der Waals surface area contributed by atoms with Crippen LogP contribution in [0.1, 0.15) is 6.92 Å². The number of carbonyl (C=O) groups excluding carboxylic acids is 1. The Kier molecular flexibility index (Phi) is 5.68. The second-order valence-electron chi connectivity index (χ2n) is 1.49. The zero-order valence-electron chi connectivity index (χ0n) is 6.40. The molecule has 0 amide bonds. The fourth-order valence-electron chi connectivity index (χ4n) is 0.335. The molecule has 0 aromatic rings. The maximum Gasteiger partial charge on any atom is 0.331 e. The van der Waals surface area contributed by atoms with Gasteiger partial charge in [-0.2, -0.15) is 0 Å². The van der Waals surface area contributed by atoms with Crippen LogP contribution in [0.3, 0.4) is 0 Å². The average Bonchev–Trinajstić information content (AvgIpc) is 2.01. The van der Waals surface area contributed by atoms with E-state index in [1.54, 1.807) is 6.92 Å². The molecular formula is C6H10O4S. The van der Waals surface area contributed by atoms with Crippen molar-refractivity contribution < 1.29 is 17.9 Å². The van der Waals surface area contributed by atoms with Crippen molar-refractivity contribution in [1.82, 2.24) is 0 Å². The Bertz CT molecular complexity index is 175.